The van der Waals surface area contributed by atoms with Crippen LogP contribution in [0.25, 0.3) is 0 Å². The highest BCUT2D eigenvalue weighted by atomic mass is 16.1. The van der Waals surface area contributed by atoms with Gasteiger partial charge in [-0.15, -0.1) is 0 Å². The Kier molecular flexibility index (Phi) is 2.75. The lowest BCUT2D eigenvalue weighted by Crippen LogP contribution is -2.38. The second kappa shape index (κ2) is 4.20. The molecular weight excluding hydrogens is 178 g/mol. The molecule has 14 heavy (non-hydrogen) atoms. The molecule has 1 fully saturated rings. The first-order valence-electron chi connectivity index (χ1n) is 4.90. The van der Waals surface area contributed by atoms with Gasteiger partial charge in [-0.1, -0.05) is 0 Å². The number of nitrogens with zero attached hydrogens (tertiary/aromatic N) is 3. The molecule has 2 heterocycles. The Labute approximate surface area is 83.0 Å². The van der Waals surface area contributed by atoms with Crippen molar-refractivity contribution in [3.8, 4) is 0 Å². The van der Waals surface area contributed by atoms with E-state index in [4.69, 9.17) is 0 Å². The molecule has 2 aliphatic heterocycles. The van der Waals surface area contributed by atoms with Crippen molar-refractivity contribution in [2.45, 2.75) is 19.3 Å². The van der Waals surface area contributed by atoms with Crippen molar-refractivity contribution in [1.82, 2.24) is 4.90 Å². The van der Waals surface area contributed by atoms with Gasteiger partial charge in [-0.05, 0) is 19.3 Å². The number of rotatable bonds is 0. The minimum absolute atomic E-state index is 0.374. The third-order valence-electron chi connectivity index (χ3n) is 2.51. The smallest absolute Gasteiger partial charge is 0.195 e. The summed E-state index contributed by atoms with van der Waals surface area (Å²) in [4.78, 5) is 20.6. The van der Waals surface area contributed by atoms with E-state index in [0.29, 0.717) is 12.1 Å². The van der Waals surface area contributed by atoms with Crippen molar-refractivity contribution in [3.05, 3.63) is 5.57 Å². The first-order chi connectivity index (χ1) is 6.92. The zero-order chi connectivity index (χ0) is 9.80. The first kappa shape index (κ1) is 9.16. The van der Waals surface area contributed by atoms with Gasteiger partial charge in [0.15, 0.2) is 6.34 Å². The highest BCUT2D eigenvalue weighted by Gasteiger charge is 2.20. The molecule has 0 bridgehead atoms. The largest absolute Gasteiger partial charge is 0.356 e. The standard InChI is InChI=1S/C10H12N3O/c14-7-9-6-11-8-12-10(9)13-4-2-1-3-5-13/h1-6H2. The highest BCUT2D eigenvalue weighted by Crippen LogP contribution is 2.13. The lowest BCUT2D eigenvalue weighted by atomic mass is 10.1. The molecule has 0 aliphatic carbocycles. The predicted octanol–water partition coefficient (Wildman–Crippen LogP) is 0.548. The summed E-state index contributed by atoms with van der Waals surface area (Å²) in [6.07, 6.45) is 6.17. The van der Waals surface area contributed by atoms with Crippen LogP contribution < -0.4 is 0 Å². The summed E-state index contributed by atoms with van der Waals surface area (Å²) in [7, 11) is 0. The van der Waals surface area contributed by atoms with Gasteiger partial charge in [0.05, 0.1) is 12.1 Å². The number of hydrogen-bond acceptors (Lipinski definition) is 4. The monoisotopic (exact) mass is 190 g/mol. The van der Waals surface area contributed by atoms with Crippen molar-refractivity contribution in [2.75, 3.05) is 19.6 Å². The van der Waals surface area contributed by atoms with Crippen molar-refractivity contribution in [1.29, 1.82) is 0 Å². The Morgan fingerprint density at radius 3 is 2.79 bits per heavy atom. The molecule has 1 saturated heterocycles. The van der Waals surface area contributed by atoms with E-state index in [1.165, 1.54) is 19.3 Å². The van der Waals surface area contributed by atoms with Gasteiger partial charge in [-0.25, -0.2) is 9.79 Å². The van der Waals surface area contributed by atoms with Crippen LogP contribution in [0.3, 0.4) is 0 Å². The van der Waals surface area contributed by atoms with E-state index in [1.54, 1.807) is 0 Å². The van der Waals surface area contributed by atoms with Crippen molar-refractivity contribution >= 4 is 18.1 Å². The Morgan fingerprint density at radius 1 is 1.29 bits per heavy atom. The second-order valence-corrected chi connectivity index (χ2v) is 3.48. The maximum Gasteiger partial charge on any atom is 0.195 e. The fourth-order valence-corrected chi connectivity index (χ4v) is 1.78. The molecule has 0 aromatic rings. The van der Waals surface area contributed by atoms with Crippen LogP contribution in [-0.4, -0.2) is 42.6 Å². The van der Waals surface area contributed by atoms with E-state index in [0.717, 1.165) is 18.9 Å². The number of piperidine rings is 1. The van der Waals surface area contributed by atoms with E-state index in [9.17, 15) is 4.79 Å². The minimum atomic E-state index is 0.374. The topological polar surface area (TPSA) is 45.0 Å². The molecule has 0 amide bonds. The van der Waals surface area contributed by atoms with E-state index < -0.39 is 0 Å². The van der Waals surface area contributed by atoms with Crippen molar-refractivity contribution < 1.29 is 4.79 Å². The quantitative estimate of drug-likeness (QED) is 0.523. The molecule has 0 aromatic heterocycles. The van der Waals surface area contributed by atoms with Gasteiger partial charge in [0, 0.05) is 13.1 Å². The number of carbonyl (C=O) groups excluding carboxylic acids is 1. The normalized spacial score (nSPS) is 21.9. The van der Waals surface area contributed by atoms with Gasteiger partial charge in [0.25, 0.3) is 0 Å². The summed E-state index contributed by atoms with van der Waals surface area (Å²) in [6.45, 7) is 2.33. The second-order valence-electron chi connectivity index (χ2n) is 3.48. The molecule has 2 rings (SSSR count). The molecule has 0 saturated carbocycles. The molecule has 4 nitrogen and oxygen atoms in total. The Hall–Kier alpha value is -1.41. The summed E-state index contributed by atoms with van der Waals surface area (Å²) in [6, 6.07) is 0. The molecule has 2 aliphatic rings. The third-order valence-corrected chi connectivity index (χ3v) is 2.51. The van der Waals surface area contributed by atoms with Crippen LogP contribution >= 0.6 is 0 Å². The highest BCUT2D eigenvalue weighted by molar-refractivity contribution is 6.09. The predicted molar refractivity (Wildman–Crippen MR) is 54.4 cm³/mol. The van der Waals surface area contributed by atoms with E-state index in [-0.39, 0.29) is 0 Å². The Morgan fingerprint density at radius 2 is 2.07 bits per heavy atom. The zero-order valence-corrected chi connectivity index (χ0v) is 7.99. The van der Waals surface area contributed by atoms with Gasteiger partial charge in [0.2, 0.25) is 0 Å². The molecule has 0 atom stereocenters. The van der Waals surface area contributed by atoms with Gasteiger partial charge < -0.3 is 4.90 Å². The number of aliphatic imine (C=N–C) groups is 2. The van der Waals surface area contributed by atoms with Gasteiger partial charge in [-0.3, -0.25) is 4.99 Å². The molecule has 0 aromatic carbocycles. The van der Waals surface area contributed by atoms with Crippen LogP contribution in [0.2, 0.25) is 0 Å². The van der Waals surface area contributed by atoms with Crippen LogP contribution in [0.15, 0.2) is 15.6 Å². The summed E-state index contributed by atoms with van der Waals surface area (Å²) in [5, 5.41) is 0. The van der Waals surface area contributed by atoms with Gasteiger partial charge in [-0.2, -0.15) is 0 Å². The summed E-state index contributed by atoms with van der Waals surface area (Å²) in [5.74, 6) is 2.64. The number of hydrogen-bond donors (Lipinski definition) is 0. The fraction of sp³-hybridized carbons (Fsp3) is 0.600. The van der Waals surface area contributed by atoms with Crippen molar-refractivity contribution in [3.63, 3.8) is 0 Å². The molecule has 0 unspecified atom stereocenters. The zero-order valence-electron chi connectivity index (χ0n) is 7.99. The molecular formula is C10H12N3O. The fourth-order valence-electron chi connectivity index (χ4n) is 1.78. The number of amidine groups is 1. The summed E-state index contributed by atoms with van der Waals surface area (Å²) >= 11 is 0. The van der Waals surface area contributed by atoms with Crippen LogP contribution in [0.4, 0.5) is 0 Å². The lowest BCUT2D eigenvalue weighted by molar-refractivity contribution is 0.342. The van der Waals surface area contributed by atoms with Crippen LogP contribution in [0, 0.1) is 0 Å². The SMILES string of the molecule is O=C=C1CN=[C]N=C1N1CCCCC1. The molecule has 0 N–H and O–H groups in total. The van der Waals surface area contributed by atoms with E-state index in [2.05, 4.69) is 21.2 Å². The third kappa shape index (κ3) is 1.75. The Bertz CT molecular complexity index is 320. The number of likely N-dealkylation sites (tertiary alicyclic amines) is 1. The van der Waals surface area contributed by atoms with E-state index in [1.807, 2.05) is 5.94 Å². The molecule has 1 radical (unpaired) electrons. The molecule has 0 spiro atoms. The van der Waals surface area contributed by atoms with Gasteiger partial charge in [0.1, 0.15) is 11.8 Å². The molecule has 73 valence electrons. The van der Waals surface area contributed by atoms with Gasteiger partial charge >= 0.3 is 0 Å². The maximum absolute atomic E-state index is 10.7. The minimum Gasteiger partial charge on any atom is -0.356 e. The average molecular weight is 190 g/mol. The average Bonchev–Trinajstić information content (AvgIpc) is 2.30. The Balaban J connectivity index is 2.17. The first-order valence-corrected chi connectivity index (χ1v) is 4.90. The summed E-state index contributed by atoms with van der Waals surface area (Å²) in [5.41, 5.74) is 0.561. The van der Waals surface area contributed by atoms with Crippen LogP contribution in [-0.2, 0) is 4.79 Å². The van der Waals surface area contributed by atoms with Crippen LogP contribution in [0.5, 0.6) is 0 Å². The van der Waals surface area contributed by atoms with Crippen molar-refractivity contribution in [2.24, 2.45) is 9.98 Å². The maximum atomic E-state index is 10.7. The van der Waals surface area contributed by atoms with Crippen LogP contribution in [0.1, 0.15) is 19.3 Å². The summed E-state index contributed by atoms with van der Waals surface area (Å²) < 4.78 is 0. The lowest BCUT2D eigenvalue weighted by Gasteiger charge is -2.29. The molecule has 4 heteroatoms. The van der Waals surface area contributed by atoms with E-state index >= 15 is 0 Å².